The van der Waals surface area contributed by atoms with E-state index in [9.17, 15) is 27.6 Å². The fraction of sp³-hybridized carbons (Fsp3) is 0.150. The second-order valence-electron chi connectivity index (χ2n) is 6.57. The molecule has 1 aliphatic heterocycles. The zero-order valence-corrected chi connectivity index (χ0v) is 16.8. The van der Waals surface area contributed by atoms with Gasteiger partial charge in [-0.3, -0.25) is 9.59 Å². The lowest BCUT2D eigenvalue weighted by Crippen LogP contribution is -2.26. The minimum absolute atomic E-state index is 0.0931. The van der Waals surface area contributed by atoms with Gasteiger partial charge in [0.2, 0.25) is 5.91 Å². The van der Waals surface area contributed by atoms with Gasteiger partial charge in [0.05, 0.1) is 23.8 Å². The second-order valence-corrected chi connectivity index (χ2v) is 7.76. The summed E-state index contributed by atoms with van der Waals surface area (Å²) in [5.74, 6) is -3.06. The number of aliphatic carboxylic acids is 1. The fourth-order valence-corrected chi connectivity index (χ4v) is 3.65. The van der Waals surface area contributed by atoms with Crippen molar-refractivity contribution in [2.45, 2.75) is 17.8 Å². The molecule has 0 bridgehead atoms. The van der Waals surface area contributed by atoms with Gasteiger partial charge in [-0.15, -0.1) is 5.10 Å². The first-order valence-corrected chi connectivity index (χ1v) is 9.77. The summed E-state index contributed by atoms with van der Waals surface area (Å²) in [6.45, 7) is 0. The molecule has 0 radical (unpaired) electrons. The van der Waals surface area contributed by atoms with Crippen molar-refractivity contribution in [1.29, 1.82) is 0 Å². The average Bonchev–Trinajstić information content (AvgIpc) is 3.06. The van der Waals surface area contributed by atoms with Crippen LogP contribution in [0.25, 0.3) is 11.1 Å². The highest BCUT2D eigenvalue weighted by molar-refractivity contribution is 8.15. The fourth-order valence-electron chi connectivity index (χ4n) is 2.74. The Labute approximate surface area is 182 Å². The van der Waals surface area contributed by atoms with Crippen LogP contribution in [0.2, 0.25) is 0 Å². The van der Waals surface area contributed by atoms with Crippen molar-refractivity contribution in [3.05, 3.63) is 59.2 Å². The van der Waals surface area contributed by atoms with Crippen LogP contribution in [0.15, 0.2) is 52.7 Å². The summed E-state index contributed by atoms with van der Waals surface area (Å²) in [5.41, 5.74) is -0.535. The molecule has 0 aromatic heterocycles. The molecule has 0 saturated carbocycles. The Morgan fingerprint density at radius 1 is 1.09 bits per heavy atom. The highest BCUT2D eigenvalue weighted by Gasteiger charge is 2.33. The number of hydrogen-bond donors (Lipinski definition) is 3. The molecule has 32 heavy (non-hydrogen) atoms. The summed E-state index contributed by atoms with van der Waals surface area (Å²) >= 11 is 0.944. The molecule has 1 fully saturated rings. The highest BCUT2D eigenvalue weighted by Crippen LogP contribution is 2.33. The Morgan fingerprint density at radius 2 is 1.78 bits per heavy atom. The molecule has 2 aromatic carbocycles. The Hall–Kier alpha value is -3.67. The normalized spacial score (nSPS) is 17.7. The molecular formula is C20H14F3N3O5S. The number of benzene rings is 2. The van der Waals surface area contributed by atoms with Gasteiger partial charge in [0.1, 0.15) is 5.25 Å². The second kappa shape index (κ2) is 9.22. The average molecular weight is 465 g/mol. The maximum absolute atomic E-state index is 13.1. The molecule has 1 unspecified atom stereocenters. The number of aromatic carboxylic acids is 1. The summed E-state index contributed by atoms with van der Waals surface area (Å²) in [6, 6.07) is 8.71. The first-order valence-electron chi connectivity index (χ1n) is 8.89. The van der Waals surface area contributed by atoms with E-state index >= 15 is 0 Å². The number of halogens is 3. The molecule has 1 heterocycles. The molecule has 0 spiro atoms. The van der Waals surface area contributed by atoms with Crippen molar-refractivity contribution in [3.8, 4) is 11.1 Å². The first-order chi connectivity index (χ1) is 15.0. The van der Waals surface area contributed by atoms with Gasteiger partial charge in [-0.1, -0.05) is 36.0 Å². The Morgan fingerprint density at radius 3 is 2.38 bits per heavy atom. The predicted molar refractivity (Wildman–Crippen MR) is 111 cm³/mol. The van der Waals surface area contributed by atoms with E-state index in [0.29, 0.717) is 17.2 Å². The highest BCUT2D eigenvalue weighted by atomic mass is 32.2. The standard InChI is InChI=1S/C20H14F3N3O5S/c21-20(22,23)14-6-12(5-13(7-14)18(30)31)11-3-1-10(2-4-11)9-24-26-19-25-17(29)15(32-19)8-16(27)28/h1-7,9,15H,8H2,(H,27,28)(H,30,31)(H,25,26,29). The van der Waals surface area contributed by atoms with Crippen molar-refractivity contribution in [3.63, 3.8) is 0 Å². The summed E-state index contributed by atoms with van der Waals surface area (Å²) in [7, 11) is 0. The number of alkyl halides is 3. The maximum Gasteiger partial charge on any atom is 0.416 e. The van der Waals surface area contributed by atoms with Gasteiger partial charge in [-0.2, -0.15) is 18.3 Å². The quantitative estimate of drug-likeness (QED) is 0.443. The molecule has 166 valence electrons. The molecule has 1 amide bonds. The molecule has 0 aliphatic carbocycles. The molecular weight excluding hydrogens is 451 g/mol. The van der Waals surface area contributed by atoms with Crippen molar-refractivity contribution in [2.75, 3.05) is 0 Å². The van der Waals surface area contributed by atoms with E-state index in [1.54, 1.807) is 12.1 Å². The topological polar surface area (TPSA) is 128 Å². The van der Waals surface area contributed by atoms with Crippen molar-refractivity contribution < 1.29 is 37.8 Å². The zero-order chi connectivity index (χ0) is 23.5. The van der Waals surface area contributed by atoms with Crippen molar-refractivity contribution >= 4 is 41.0 Å². The van der Waals surface area contributed by atoms with Crippen LogP contribution in [0.4, 0.5) is 13.2 Å². The Kier molecular flexibility index (Phi) is 6.63. The van der Waals surface area contributed by atoms with E-state index < -0.39 is 40.4 Å². The number of carbonyl (C=O) groups excluding carboxylic acids is 1. The monoisotopic (exact) mass is 465 g/mol. The summed E-state index contributed by atoms with van der Waals surface area (Å²) < 4.78 is 39.3. The molecule has 2 aromatic rings. The number of amidine groups is 1. The molecule has 1 atom stereocenters. The number of carbonyl (C=O) groups is 3. The van der Waals surface area contributed by atoms with E-state index in [1.807, 2.05) is 0 Å². The maximum atomic E-state index is 13.1. The number of amides is 1. The van der Waals surface area contributed by atoms with Gasteiger partial charge in [0.15, 0.2) is 5.17 Å². The largest absolute Gasteiger partial charge is 0.481 e. The minimum Gasteiger partial charge on any atom is -0.481 e. The number of nitrogens with zero attached hydrogens (tertiary/aromatic N) is 2. The third kappa shape index (κ3) is 5.72. The number of hydrogen-bond acceptors (Lipinski definition) is 6. The van der Waals surface area contributed by atoms with Gasteiger partial charge in [0.25, 0.3) is 0 Å². The van der Waals surface area contributed by atoms with E-state index in [2.05, 4.69) is 15.5 Å². The SMILES string of the molecule is O=C(O)CC1SC(=NN=Cc2ccc(-c3cc(C(=O)O)cc(C(F)(F)F)c3)cc2)NC1=O. The van der Waals surface area contributed by atoms with Crippen LogP contribution in [0, 0.1) is 0 Å². The van der Waals surface area contributed by atoms with Gasteiger partial charge < -0.3 is 15.5 Å². The van der Waals surface area contributed by atoms with Crippen LogP contribution in [0.3, 0.4) is 0 Å². The summed E-state index contributed by atoms with van der Waals surface area (Å²) in [6.07, 6.45) is -3.70. The number of thioether (sulfide) groups is 1. The lowest BCUT2D eigenvalue weighted by molar-refractivity contribution is -0.138. The lowest BCUT2D eigenvalue weighted by atomic mass is 9.98. The smallest absolute Gasteiger partial charge is 0.416 e. The van der Waals surface area contributed by atoms with Gasteiger partial charge in [-0.05, 0) is 34.9 Å². The number of nitrogens with one attached hydrogen (secondary N) is 1. The van der Waals surface area contributed by atoms with E-state index in [4.69, 9.17) is 10.2 Å². The van der Waals surface area contributed by atoms with Crippen LogP contribution in [0.1, 0.15) is 27.9 Å². The van der Waals surface area contributed by atoms with Crippen LogP contribution in [-0.4, -0.2) is 44.7 Å². The molecule has 1 saturated heterocycles. The van der Waals surface area contributed by atoms with Gasteiger partial charge in [-0.25, -0.2) is 4.79 Å². The zero-order valence-electron chi connectivity index (χ0n) is 16.0. The number of rotatable bonds is 6. The molecule has 3 N–H and O–H groups in total. The lowest BCUT2D eigenvalue weighted by Gasteiger charge is -2.11. The molecule has 12 heteroatoms. The molecule has 1 aliphatic rings. The molecule has 3 rings (SSSR count). The first kappa shape index (κ1) is 23.0. The van der Waals surface area contributed by atoms with Crippen LogP contribution >= 0.6 is 11.8 Å². The minimum atomic E-state index is -4.69. The van der Waals surface area contributed by atoms with E-state index in [1.165, 1.54) is 18.3 Å². The van der Waals surface area contributed by atoms with Crippen LogP contribution in [-0.2, 0) is 15.8 Å². The summed E-state index contributed by atoms with van der Waals surface area (Å²) in [4.78, 5) is 33.5. The Bertz CT molecular complexity index is 1130. The van der Waals surface area contributed by atoms with Gasteiger partial charge in [0, 0.05) is 0 Å². The summed E-state index contributed by atoms with van der Waals surface area (Å²) in [5, 5.41) is 27.3. The van der Waals surface area contributed by atoms with Gasteiger partial charge >= 0.3 is 18.1 Å². The van der Waals surface area contributed by atoms with Crippen molar-refractivity contribution in [2.24, 2.45) is 10.2 Å². The third-order valence-corrected chi connectivity index (χ3v) is 5.32. The van der Waals surface area contributed by atoms with Crippen LogP contribution < -0.4 is 5.32 Å². The van der Waals surface area contributed by atoms with Crippen molar-refractivity contribution in [1.82, 2.24) is 5.32 Å². The van der Waals surface area contributed by atoms with E-state index in [0.717, 1.165) is 23.9 Å². The third-order valence-electron chi connectivity index (χ3n) is 4.24. The van der Waals surface area contributed by atoms with E-state index in [-0.39, 0.29) is 17.2 Å². The molecule has 8 nitrogen and oxygen atoms in total. The number of carboxylic acid groups (broad SMARTS) is 2. The van der Waals surface area contributed by atoms with Crippen LogP contribution in [0.5, 0.6) is 0 Å². The predicted octanol–water partition coefficient (Wildman–Crippen LogP) is 3.47. The number of carboxylic acids is 2. The Balaban J connectivity index is 1.76.